The van der Waals surface area contributed by atoms with Crippen molar-refractivity contribution in [1.29, 1.82) is 0 Å². The van der Waals surface area contributed by atoms with Crippen LogP contribution in [0.5, 0.6) is 0 Å². The van der Waals surface area contributed by atoms with E-state index in [1.54, 1.807) is 4.90 Å². The van der Waals surface area contributed by atoms with Gasteiger partial charge in [0.2, 0.25) is 0 Å². The maximum Gasteiger partial charge on any atom is 0.324 e. The van der Waals surface area contributed by atoms with Crippen LogP contribution < -0.4 is 4.90 Å². The third-order valence-electron chi connectivity index (χ3n) is 3.70. The number of nitrogens with zero attached hydrogens (tertiary/aromatic N) is 3. The highest BCUT2D eigenvalue weighted by atomic mass is 16.5. The zero-order chi connectivity index (χ0) is 12.9. The molecule has 1 aromatic rings. The molecule has 0 atom stereocenters. The molecule has 2 fully saturated rings. The summed E-state index contributed by atoms with van der Waals surface area (Å²) in [6.07, 6.45) is 2.30. The van der Waals surface area contributed by atoms with E-state index in [2.05, 4.69) is 19.0 Å². The molecule has 0 spiro atoms. The summed E-state index contributed by atoms with van der Waals surface area (Å²) in [5.41, 5.74) is 1.86. The van der Waals surface area contributed by atoms with Crippen molar-refractivity contribution in [2.24, 2.45) is 0 Å². The van der Waals surface area contributed by atoms with Crippen LogP contribution in [0.1, 0.15) is 50.0 Å². The van der Waals surface area contributed by atoms with Gasteiger partial charge in [0.05, 0.1) is 0 Å². The Labute approximate surface area is 107 Å². The van der Waals surface area contributed by atoms with Crippen molar-refractivity contribution >= 4 is 11.7 Å². The Morgan fingerprint density at radius 3 is 2.56 bits per heavy atom. The van der Waals surface area contributed by atoms with E-state index in [1.165, 1.54) is 0 Å². The van der Waals surface area contributed by atoms with Crippen molar-refractivity contribution in [2.45, 2.75) is 38.5 Å². The molecular formula is C13H19N3O2. The Morgan fingerprint density at radius 2 is 2.06 bits per heavy atom. The summed E-state index contributed by atoms with van der Waals surface area (Å²) in [4.78, 5) is 15.7. The molecule has 98 valence electrons. The standard InChI is InChI=1S/C13H19N3O2/c1-8(2)10-11(12(18-14-10)9-4-5-9)16-7-6-15(3)13(16)17/h8-9H,4-7H2,1-3H3. The Bertz CT molecular complexity index is 457. The fourth-order valence-electron chi connectivity index (χ4n) is 2.43. The van der Waals surface area contributed by atoms with Crippen molar-refractivity contribution in [3.05, 3.63) is 11.5 Å². The summed E-state index contributed by atoms with van der Waals surface area (Å²) >= 11 is 0. The first-order valence-electron chi connectivity index (χ1n) is 6.61. The number of anilines is 1. The van der Waals surface area contributed by atoms with Crippen LogP contribution in [-0.4, -0.2) is 36.2 Å². The van der Waals surface area contributed by atoms with Crippen LogP contribution in [-0.2, 0) is 0 Å². The second-order valence-electron chi connectivity index (χ2n) is 5.57. The number of likely N-dealkylation sites (N-methyl/N-ethyl adjacent to an activating group) is 1. The lowest BCUT2D eigenvalue weighted by Gasteiger charge is -2.17. The van der Waals surface area contributed by atoms with Gasteiger partial charge in [0.25, 0.3) is 0 Å². The first kappa shape index (κ1) is 11.6. The van der Waals surface area contributed by atoms with Crippen LogP contribution in [0.15, 0.2) is 4.52 Å². The first-order chi connectivity index (χ1) is 8.59. The van der Waals surface area contributed by atoms with E-state index in [-0.39, 0.29) is 11.9 Å². The number of amides is 2. The van der Waals surface area contributed by atoms with Crippen molar-refractivity contribution in [3.8, 4) is 0 Å². The zero-order valence-corrected chi connectivity index (χ0v) is 11.1. The average Bonchev–Trinajstić information content (AvgIpc) is 3.00. The van der Waals surface area contributed by atoms with Gasteiger partial charge in [-0.1, -0.05) is 19.0 Å². The molecule has 5 nitrogen and oxygen atoms in total. The highest BCUT2D eigenvalue weighted by Crippen LogP contribution is 2.47. The predicted octanol–water partition coefficient (Wildman–Crippen LogP) is 2.55. The van der Waals surface area contributed by atoms with Gasteiger partial charge < -0.3 is 9.42 Å². The van der Waals surface area contributed by atoms with Gasteiger partial charge in [-0.15, -0.1) is 0 Å². The summed E-state index contributed by atoms with van der Waals surface area (Å²) in [6.45, 7) is 5.67. The van der Waals surface area contributed by atoms with E-state index in [0.29, 0.717) is 5.92 Å². The summed E-state index contributed by atoms with van der Waals surface area (Å²) in [6, 6.07) is 0.0574. The molecule has 0 radical (unpaired) electrons. The third kappa shape index (κ3) is 1.69. The number of hydrogen-bond donors (Lipinski definition) is 0. The van der Waals surface area contributed by atoms with E-state index >= 15 is 0 Å². The number of aromatic nitrogens is 1. The second-order valence-corrected chi connectivity index (χ2v) is 5.57. The van der Waals surface area contributed by atoms with Gasteiger partial charge in [-0.3, -0.25) is 4.90 Å². The van der Waals surface area contributed by atoms with Crippen molar-refractivity contribution < 1.29 is 9.32 Å². The molecule has 1 saturated carbocycles. The van der Waals surface area contributed by atoms with Gasteiger partial charge in [-0.25, -0.2) is 4.79 Å². The molecular weight excluding hydrogens is 230 g/mol. The summed E-state index contributed by atoms with van der Waals surface area (Å²) in [5, 5.41) is 4.19. The molecule has 1 aliphatic carbocycles. The van der Waals surface area contributed by atoms with Crippen molar-refractivity contribution in [3.63, 3.8) is 0 Å². The maximum absolute atomic E-state index is 12.2. The van der Waals surface area contributed by atoms with Gasteiger partial charge in [0.15, 0.2) is 5.76 Å². The molecule has 18 heavy (non-hydrogen) atoms. The molecule has 0 aromatic carbocycles. The van der Waals surface area contributed by atoms with E-state index in [4.69, 9.17) is 4.52 Å². The van der Waals surface area contributed by atoms with Crippen LogP contribution in [0.2, 0.25) is 0 Å². The fraction of sp³-hybridized carbons (Fsp3) is 0.692. The number of urea groups is 1. The van der Waals surface area contributed by atoms with Gasteiger partial charge >= 0.3 is 6.03 Å². The molecule has 1 aromatic heterocycles. The summed E-state index contributed by atoms with van der Waals surface area (Å²) in [7, 11) is 1.84. The monoisotopic (exact) mass is 249 g/mol. The average molecular weight is 249 g/mol. The van der Waals surface area contributed by atoms with Crippen molar-refractivity contribution in [1.82, 2.24) is 10.1 Å². The smallest absolute Gasteiger partial charge is 0.324 e. The minimum Gasteiger partial charge on any atom is -0.359 e. The minimum atomic E-state index is 0.0574. The number of hydrogen-bond acceptors (Lipinski definition) is 3. The van der Waals surface area contributed by atoms with Crippen LogP contribution >= 0.6 is 0 Å². The lowest BCUT2D eigenvalue weighted by Crippen LogP contribution is -2.30. The van der Waals surface area contributed by atoms with E-state index < -0.39 is 0 Å². The first-order valence-corrected chi connectivity index (χ1v) is 6.61. The topological polar surface area (TPSA) is 49.6 Å². The van der Waals surface area contributed by atoms with Gasteiger partial charge in [-0.05, 0) is 12.8 Å². The molecule has 1 saturated heterocycles. The molecule has 1 aliphatic heterocycles. The SMILES string of the molecule is CC(C)c1noc(C2CC2)c1N1CCN(C)C1=O. The number of carbonyl (C=O) groups is 1. The van der Waals surface area contributed by atoms with Crippen LogP contribution in [0.25, 0.3) is 0 Å². The highest BCUT2D eigenvalue weighted by Gasteiger charge is 2.39. The molecule has 2 amide bonds. The van der Waals surface area contributed by atoms with Crippen LogP contribution in [0, 0.1) is 0 Å². The molecule has 0 unspecified atom stereocenters. The number of carbonyl (C=O) groups excluding carboxylic acids is 1. The largest absolute Gasteiger partial charge is 0.359 e. The van der Waals surface area contributed by atoms with Crippen LogP contribution in [0.3, 0.4) is 0 Å². The Balaban J connectivity index is 2.02. The Kier molecular flexibility index (Phi) is 2.57. The third-order valence-corrected chi connectivity index (χ3v) is 3.70. The molecule has 0 N–H and O–H groups in total. The summed E-state index contributed by atoms with van der Waals surface area (Å²) < 4.78 is 5.51. The normalized spacial score (nSPS) is 20.3. The lowest BCUT2D eigenvalue weighted by atomic mass is 10.1. The predicted molar refractivity (Wildman–Crippen MR) is 67.9 cm³/mol. The Morgan fingerprint density at radius 1 is 1.33 bits per heavy atom. The quantitative estimate of drug-likeness (QED) is 0.827. The molecule has 2 heterocycles. The Hall–Kier alpha value is -1.52. The van der Waals surface area contributed by atoms with Gasteiger partial charge in [0.1, 0.15) is 11.4 Å². The second kappa shape index (κ2) is 4.00. The number of rotatable bonds is 3. The maximum atomic E-state index is 12.2. The van der Waals surface area contributed by atoms with E-state index in [0.717, 1.165) is 43.1 Å². The fourth-order valence-corrected chi connectivity index (χ4v) is 2.43. The molecule has 5 heteroatoms. The molecule has 0 bridgehead atoms. The summed E-state index contributed by atoms with van der Waals surface area (Å²) in [5.74, 6) is 1.66. The van der Waals surface area contributed by atoms with Gasteiger partial charge in [-0.2, -0.15) is 0 Å². The van der Waals surface area contributed by atoms with Crippen molar-refractivity contribution in [2.75, 3.05) is 25.0 Å². The van der Waals surface area contributed by atoms with E-state index in [9.17, 15) is 4.79 Å². The highest BCUT2D eigenvalue weighted by molar-refractivity contribution is 5.95. The minimum absolute atomic E-state index is 0.0574. The van der Waals surface area contributed by atoms with E-state index in [1.807, 2.05) is 11.9 Å². The zero-order valence-electron chi connectivity index (χ0n) is 11.1. The molecule has 2 aliphatic rings. The van der Waals surface area contributed by atoms with Gasteiger partial charge in [0, 0.05) is 32.0 Å². The lowest BCUT2D eigenvalue weighted by molar-refractivity contribution is 0.229. The van der Waals surface area contributed by atoms with Crippen LogP contribution in [0.4, 0.5) is 10.5 Å². The molecule has 3 rings (SSSR count).